The predicted molar refractivity (Wildman–Crippen MR) is 134 cm³/mol. The van der Waals surface area contributed by atoms with Crippen LogP contribution in [0, 0.1) is 11.7 Å². The molecule has 3 aromatic rings. The van der Waals surface area contributed by atoms with Gasteiger partial charge in [0.15, 0.2) is 11.6 Å². The largest absolute Gasteiger partial charge is 0.488 e. The number of ether oxygens (including phenoxy) is 1. The Morgan fingerprint density at radius 3 is 2.31 bits per heavy atom. The van der Waals surface area contributed by atoms with Crippen molar-refractivity contribution >= 4 is 5.97 Å². The van der Waals surface area contributed by atoms with Crippen LogP contribution in [0.1, 0.15) is 41.8 Å². The lowest BCUT2D eigenvalue weighted by Crippen LogP contribution is -2.46. The summed E-state index contributed by atoms with van der Waals surface area (Å²) in [6.07, 6.45) is 2.36. The van der Waals surface area contributed by atoms with Gasteiger partial charge in [-0.15, -0.1) is 0 Å². The molecule has 0 aromatic heterocycles. The first-order valence-corrected chi connectivity index (χ1v) is 12.0. The molecule has 0 saturated heterocycles. The molecule has 3 N–H and O–H groups in total. The molecule has 0 heterocycles. The van der Waals surface area contributed by atoms with Gasteiger partial charge in [-0.3, -0.25) is 0 Å². The summed E-state index contributed by atoms with van der Waals surface area (Å²) in [4.78, 5) is 11.0. The molecule has 0 amide bonds. The Morgan fingerprint density at radius 1 is 1.06 bits per heavy atom. The van der Waals surface area contributed by atoms with Crippen LogP contribution in [0.4, 0.5) is 4.39 Å². The number of aliphatic hydroxyl groups excluding tert-OH is 1. The van der Waals surface area contributed by atoms with Crippen molar-refractivity contribution in [3.05, 3.63) is 89.2 Å². The average Bonchev–Trinajstić information content (AvgIpc) is 3.24. The highest BCUT2D eigenvalue weighted by molar-refractivity contribution is 5.88. The summed E-state index contributed by atoms with van der Waals surface area (Å²) in [5, 5.41) is 23.0. The molecule has 35 heavy (non-hydrogen) atoms. The molecule has 0 aliphatic heterocycles. The lowest BCUT2D eigenvalue weighted by molar-refractivity contribution is 0.0697. The SMILES string of the molecule is CC(C)(CC1Cc2ccccc2C1)NCC(O)COc1cc(-c2ccc(C(=O)O)cc2)ccc1F. The molecule has 6 heteroatoms. The van der Waals surface area contributed by atoms with Gasteiger partial charge in [0.05, 0.1) is 5.56 Å². The number of hydrogen-bond donors (Lipinski definition) is 3. The van der Waals surface area contributed by atoms with Crippen LogP contribution in [-0.2, 0) is 12.8 Å². The van der Waals surface area contributed by atoms with Crippen molar-refractivity contribution in [3.63, 3.8) is 0 Å². The normalized spacial score (nSPS) is 14.5. The molecule has 1 aliphatic carbocycles. The van der Waals surface area contributed by atoms with Crippen LogP contribution in [0.2, 0.25) is 0 Å². The van der Waals surface area contributed by atoms with E-state index < -0.39 is 17.9 Å². The van der Waals surface area contributed by atoms with Crippen molar-refractivity contribution in [1.29, 1.82) is 0 Å². The maximum atomic E-state index is 14.3. The Morgan fingerprint density at radius 2 is 1.69 bits per heavy atom. The molecule has 0 fully saturated rings. The molecule has 1 atom stereocenters. The van der Waals surface area contributed by atoms with Gasteiger partial charge < -0.3 is 20.3 Å². The van der Waals surface area contributed by atoms with E-state index in [0.717, 1.165) is 24.8 Å². The van der Waals surface area contributed by atoms with Crippen LogP contribution in [0.25, 0.3) is 11.1 Å². The standard InChI is InChI=1S/C29H32FNO4/c1-29(2,16-19-13-22-5-3-4-6-23(22)14-19)31-17-25(32)18-35-27-15-24(11-12-26(27)30)20-7-9-21(10-8-20)28(33)34/h3-12,15,19,25,31-32H,13-14,16-18H2,1-2H3,(H,33,34). The summed E-state index contributed by atoms with van der Waals surface area (Å²) in [7, 11) is 0. The van der Waals surface area contributed by atoms with Gasteiger partial charge in [0, 0.05) is 12.1 Å². The minimum atomic E-state index is -1.00. The van der Waals surface area contributed by atoms with E-state index in [0.29, 0.717) is 18.0 Å². The average molecular weight is 478 g/mol. The van der Waals surface area contributed by atoms with Gasteiger partial charge >= 0.3 is 5.97 Å². The molecule has 5 nitrogen and oxygen atoms in total. The van der Waals surface area contributed by atoms with Crippen molar-refractivity contribution in [1.82, 2.24) is 5.32 Å². The number of carboxylic acids is 1. The predicted octanol–water partition coefficient (Wildman–Crippen LogP) is 5.10. The van der Waals surface area contributed by atoms with Gasteiger partial charge in [0.25, 0.3) is 0 Å². The molecule has 3 aromatic carbocycles. The first-order chi connectivity index (χ1) is 16.7. The Labute approximate surface area is 205 Å². The number of carboxylic acid groups (broad SMARTS) is 1. The number of rotatable bonds is 10. The lowest BCUT2D eigenvalue weighted by atomic mass is 9.88. The van der Waals surface area contributed by atoms with Crippen LogP contribution < -0.4 is 10.1 Å². The highest BCUT2D eigenvalue weighted by Crippen LogP contribution is 2.32. The third kappa shape index (κ3) is 6.47. The Balaban J connectivity index is 1.28. The zero-order valence-electron chi connectivity index (χ0n) is 20.1. The first kappa shape index (κ1) is 24.9. The highest BCUT2D eigenvalue weighted by atomic mass is 19.1. The minimum absolute atomic E-state index is 0.0454. The highest BCUT2D eigenvalue weighted by Gasteiger charge is 2.28. The molecule has 1 aliphatic rings. The second-order valence-corrected chi connectivity index (χ2v) is 10.0. The van der Waals surface area contributed by atoms with E-state index in [9.17, 15) is 14.3 Å². The summed E-state index contributed by atoms with van der Waals surface area (Å²) >= 11 is 0. The van der Waals surface area contributed by atoms with Crippen LogP contribution in [-0.4, -0.2) is 41.0 Å². The third-order valence-electron chi connectivity index (χ3n) is 6.58. The smallest absolute Gasteiger partial charge is 0.335 e. The second-order valence-electron chi connectivity index (χ2n) is 10.0. The van der Waals surface area contributed by atoms with Gasteiger partial charge in [0.2, 0.25) is 0 Å². The van der Waals surface area contributed by atoms with Crippen LogP contribution >= 0.6 is 0 Å². The topological polar surface area (TPSA) is 78.8 Å². The van der Waals surface area contributed by atoms with E-state index in [-0.39, 0.29) is 23.5 Å². The van der Waals surface area contributed by atoms with E-state index in [1.165, 1.54) is 29.3 Å². The molecule has 1 unspecified atom stereocenters. The lowest BCUT2D eigenvalue weighted by Gasteiger charge is -2.30. The van der Waals surface area contributed by atoms with Gasteiger partial charge in [-0.25, -0.2) is 9.18 Å². The molecule has 184 valence electrons. The van der Waals surface area contributed by atoms with Crippen molar-refractivity contribution in [3.8, 4) is 16.9 Å². The summed E-state index contributed by atoms with van der Waals surface area (Å²) in [5.41, 5.74) is 4.35. The fourth-order valence-corrected chi connectivity index (χ4v) is 4.83. The van der Waals surface area contributed by atoms with Crippen molar-refractivity contribution in [2.24, 2.45) is 5.92 Å². The molecule has 0 spiro atoms. The third-order valence-corrected chi connectivity index (χ3v) is 6.58. The number of aromatic carboxylic acids is 1. The van der Waals surface area contributed by atoms with Crippen LogP contribution in [0.5, 0.6) is 5.75 Å². The zero-order valence-corrected chi connectivity index (χ0v) is 20.1. The monoisotopic (exact) mass is 477 g/mol. The number of hydrogen-bond acceptors (Lipinski definition) is 4. The van der Waals surface area contributed by atoms with Crippen LogP contribution in [0.15, 0.2) is 66.7 Å². The summed E-state index contributed by atoms with van der Waals surface area (Å²) < 4.78 is 19.9. The van der Waals surface area contributed by atoms with E-state index in [4.69, 9.17) is 9.84 Å². The maximum absolute atomic E-state index is 14.3. The van der Waals surface area contributed by atoms with Crippen molar-refractivity contribution < 1.29 is 24.1 Å². The second kappa shape index (κ2) is 10.6. The van der Waals surface area contributed by atoms with Crippen LogP contribution in [0.3, 0.4) is 0 Å². The number of β-amino-alcohol motifs (C(OH)–C–C–N with tert-alkyl or cyclic N) is 1. The number of halogens is 1. The molecule has 4 rings (SSSR count). The molecular formula is C29H32FNO4. The Hall–Kier alpha value is -3.22. The Kier molecular flexibility index (Phi) is 7.53. The summed E-state index contributed by atoms with van der Waals surface area (Å²) in [6, 6.07) is 19.4. The van der Waals surface area contributed by atoms with Gasteiger partial charge in [-0.1, -0.05) is 42.5 Å². The summed E-state index contributed by atoms with van der Waals surface area (Å²) in [6.45, 7) is 4.57. The van der Waals surface area contributed by atoms with E-state index in [1.807, 2.05) is 0 Å². The first-order valence-electron chi connectivity index (χ1n) is 12.0. The van der Waals surface area contributed by atoms with Crippen molar-refractivity contribution in [2.45, 2.75) is 44.8 Å². The number of carbonyl (C=O) groups is 1. The van der Waals surface area contributed by atoms with Gasteiger partial charge in [-0.05, 0) is 85.5 Å². The summed E-state index contributed by atoms with van der Waals surface area (Å²) in [5.74, 6) is -0.896. The minimum Gasteiger partial charge on any atom is -0.488 e. The molecule has 0 radical (unpaired) electrons. The number of fused-ring (bicyclic) bond motifs is 1. The fraction of sp³-hybridized carbons (Fsp3) is 0.345. The van der Waals surface area contributed by atoms with E-state index in [1.54, 1.807) is 24.3 Å². The number of benzene rings is 3. The quantitative estimate of drug-likeness (QED) is 0.379. The number of nitrogens with one attached hydrogen (secondary N) is 1. The molecular weight excluding hydrogens is 445 g/mol. The van der Waals surface area contributed by atoms with E-state index in [2.05, 4.69) is 43.4 Å². The van der Waals surface area contributed by atoms with Crippen molar-refractivity contribution in [2.75, 3.05) is 13.2 Å². The molecule has 0 bridgehead atoms. The molecule has 0 saturated carbocycles. The van der Waals surface area contributed by atoms with E-state index >= 15 is 0 Å². The fourth-order valence-electron chi connectivity index (χ4n) is 4.83. The maximum Gasteiger partial charge on any atom is 0.335 e. The Bertz CT molecular complexity index is 1150. The van der Waals surface area contributed by atoms with Gasteiger partial charge in [0.1, 0.15) is 12.7 Å². The zero-order chi connectivity index (χ0) is 25.0. The number of aliphatic hydroxyl groups is 1. The van der Waals surface area contributed by atoms with Gasteiger partial charge in [-0.2, -0.15) is 0 Å².